The second-order valence-electron chi connectivity index (χ2n) is 8.58. The molecule has 0 radical (unpaired) electrons. The topological polar surface area (TPSA) is 110 Å². The average Bonchev–Trinajstić information content (AvgIpc) is 2.66. The first kappa shape index (κ1) is 21.1. The van der Waals surface area contributed by atoms with Crippen LogP contribution in [-0.4, -0.2) is 34.7 Å². The lowest BCUT2D eigenvalue weighted by Gasteiger charge is -2.46. The van der Waals surface area contributed by atoms with Gasteiger partial charge in [0.2, 0.25) is 0 Å². The third-order valence-corrected chi connectivity index (χ3v) is 9.39. The van der Waals surface area contributed by atoms with E-state index in [4.69, 9.17) is 17.3 Å². The maximum absolute atomic E-state index is 14.9. The smallest absolute Gasteiger partial charge is 0.165 e. The highest BCUT2D eigenvalue weighted by molar-refractivity contribution is 7.93. The Balaban J connectivity index is 1.56. The summed E-state index contributed by atoms with van der Waals surface area (Å²) in [6, 6.07) is 7.95. The molecule has 2 aromatic heterocycles. The number of aliphatic imine (C=N–C) groups is 1. The van der Waals surface area contributed by atoms with E-state index in [2.05, 4.69) is 20.3 Å². The van der Waals surface area contributed by atoms with Gasteiger partial charge in [0.15, 0.2) is 15.7 Å². The summed E-state index contributed by atoms with van der Waals surface area (Å²) in [6.07, 6.45) is 4.86. The SMILES string of the molecule is CC1(c2cc(Nc3nccc4cc(Cl)cnc34)ccc2F)CS(=O)(=O)C2(CCC2)C(N)=N1. The van der Waals surface area contributed by atoms with Gasteiger partial charge in [-0.2, -0.15) is 0 Å². The number of hydrogen-bond donors (Lipinski definition) is 2. The van der Waals surface area contributed by atoms with E-state index in [1.165, 1.54) is 12.3 Å². The molecule has 5 rings (SSSR count). The molecule has 3 N–H and O–H groups in total. The zero-order chi connectivity index (χ0) is 22.7. The van der Waals surface area contributed by atoms with Crippen LogP contribution in [0, 0.1) is 5.82 Å². The number of amidine groups is 1. The molecular weight excluding hydrogens is 453 g/mol. The molecular formula is C22H21ClFN5O2S. The van der Waals surface area contributed by atoms with Crippen molar-refractivity contribution in [3.8, 4) is 0 Å². The standard InChI is InChI=1S/C22H21ClFN5O2S/c1-21(12-32(30,31)22(6-2-7-22)20(25)29-21)16-10-15(3-4-17(16)24)28-19-18-13(5-8-26-19)9-14(23)11-27-18/h3-5,8-11H,2,6-7,12H2,1H3,(H2,25,29)(H,26,28). The number of pyridine rings is 2. The predicted molar refractivity (Wildman–Crippen MR) is 124 cm³/mol. The molecule has 1 unspecified atom stereocenters. The number of nitrogens with two attached hydrogens (primary N) is 1. The maximum atomic E-state index is 14.9. The van der Waals surface area contributed by atoms with Gasteiger partial charge in [0, 0.05) is 29.0 Å². The van der Waals surface area contributed by atoms with Crippen molar-refractivity contribution in [3.63, 3.8) is 0 Å². The molecule has 1 aromatic carbocycles. The number of hydrogen-bond acceptors (Lipinski definition) is 7. The minimum absolute atomic E-state index is 0.0760. The van der Waals surface area contributed by atoms with Gasteiger partial charge in [0.1, 0.15) is 27.5 Å². The number of nitrogens with one attached hydrogen (secondary N) is 1. The summed E-state index contributed by atoms with van der Waals surface area (Å²) in [4.78, 5) is 13.2. The van der Waals surface area contributed by atoms with Crippen LogP contribution >= 0.6 is 11.6 Å². The lowest BCUT2D eigenvalue weighted by molar-refractivity contribution is 0.388. The minimum Gasteiger partial charge on any atom is -0.386 e. The van der Waals surface area contributed by atoms with Gasteiger partial charge in [-0.05, 0) is 56.5 Å². The van der Waals surface area contributed by atoms with E-state index in [-0.39, 0.29) is 17.2 Å². The molecule has 3 heterocycles. The van der Waals surface area contributed by atoms with Crippen molar-refractivity contribution in [2.75, 3.05) is 11.1 Å². The van der Waals surface area contributed by atoms with Crippen molar-refractivity contribution in [2.45, 2.75) is 36.5 Å². The van der Waals surface area contributed by atoms with E-state index in [0.29, 0.717) is 34.9 Å². The van der Waals surface area contributed by atoms with Crippen LogP contribution in [-0.2, 0) is 15.4 Å². The van der Waals surface area contributed by atoms with E-state index in [0.717, 1.165) is 11.8 Å². The van der Waals surface area contributed by atoms with Crippen LogP contribution in [0.2, 0.25) is 5.02 Å². The van der Waals surface area contributed by atoms with Gasteiger partial charge in [-0.25, -0.2) is 17.8 Å². The highest BCUT2D eigenvalue weighted by Crippen LogP contribution is 2.47. The number of fused-ring (bicyclic) bond motifs is 1. The first-order valence-electron chi connectivity index (χ1n) is 10.2. The van der Waals surface area contributed by atoms with Gasteiger partial charge in [-0.3, -0.25) is 9.98 Å². The van der Waals surface area contributed by atoms with Crippen LogP contribution in [0.3, 0.4) is 0 Å². The van der Waals surface area contributed by atoms with E-state index >= 15 is 0 Å². The van der Waals surface area contributed by atoms with E-state index in [1.54, 1.807) is 37.4 Å². The van der Waals surface area contributed by atoms with Crippen LogP contribution in [0.5, 0.6) is 0 Å². The fourth-order valence-electron chi connectivity index (χ4n) is 4.55. The lowest BCUT2D eigenvalue weighted by Crippen LogP contribution is -2.61. The Bertz CT molecular complexity index is 1390. The Labute approximate surface area is 189 Å². The van der Waals surface area contributed by atoms with Crippen molar-refractivity contribution in [3.05, 3.63) is 59.1 Å². The normalized spacial score (nSPS) is 23.5. The van der Waals surface area contributed by atoms with Crippen LogP contribution in [0.1, 0.15) is 31.7 Å². The van der Waals surface area contributed by atoms with Gasteiger partial charge in [-0.15, -0.1) is 0 Å². The van der Waals surface area contributed by atoms with Crippen molar-refractivity contribution < 1.29 is 12.8 Å². The van der Waals surface area contributed by atoms with Crippen molar-refractivity contribution in [1.82, 2.24) is 9.97 Å². The second-order valence-corrected chi connectivity index (χ2v) is 11.3. The molecule has 0 amide bonds. The zero-order valence-electron chi connectivity index (χ0n) is 17.3. The van der Waals surface area contributed by atoms with Gasteiger partial charge < -0.3 is 11.1 Å². The summed E-state index contributed by atoms with van der Waals surface area (Å²) >= 11 is 6.02. The monoisotopic (exact) mass is 473 g/mol. The highest BCUT2D eigenvalue weighted by atomic mass is 35.5. The number of rotatable bonds is 3. The molecule has 7 nitrogen and oxygen atoms in total. The third-order valence-electron chi connectivity index (χ3n) is 6.44. The largest absolute Gasteiger partial charge is 0.386 e. The predicted octanol–water partition coefficient (Wildman–Crippen LogP) is 4.09. The summed E-state index contributed by atoms with van der Waals surface area (Å²) in [5.41, 5.74) is 6.10. The van der Waals surface area contributed by atoms with Gasteiger partial charge in [0.05, 0.1) is 10.8 Å². The summed E-state index contributed by atoms with van der Waals surface area (Å²) in [5, 5.41) is 4.45. The molecule has 1 fully saturated rings. The molecule has 1 aliphatic carbocycles. The zero-order valence-corrected chi connectivity index (χ0v) is 18.8. The van der Waals surface area contributed by atoms with Crippen LogP contribution in [0.25, 0.3) is 10.9 Å². The fourth-order valence-corrected chi connectivity index (χ4v) is 7.23. The second kappa shape index (κ2) is 7.11. The molecule has 1 spiro atoms. The summed E-state index contributed by atoms with van der Waals surface area (Å²) < 4.78 is 40.1. The summed E-state index contributed by atoms with van der Waals surface area (Å²) in [7, 11) is -3.59. The lowest BCUT2D eigenvalue weighted by atomic mass is 9.82. The summed E-state index contributed by atoms with van der Waals surface area (Å²) in [5.74, 6) is -0.306. The molecule has 3 aromatic rings. The molecule has 10 heteroatoms. The first-order valence-corrected chi connectivity index (χ1v) is 12.2. The molecule has 32 heavy (non-hydrogen) atoms. The van der Waals surface area contributed by atoms with Gasteiger partial charge in [-0.1, -0.05) is 11.6 Å². The third kappa shape index (κ3) is 3.14. The van der Waals surface area contributed by atoms with E-state index < -0.39 is 25.9 Å². The Morgan fingerprint density at radius 2 is 1.97 bits per heavy atom. The Morgan fingerprint density at radius 1 is 1.19 bits per heavy atom. The molecule has 0 bridgehead atoms. The van der Waals surface area contributed by atoms with E-state index in [9.17, 15) is 12.8 Å². The molecule has 1 aliphatic heterocycles. The number of halogens is 2. The Kier molecular flexibility index (Phi) is 4.69. The Hall–Kier alpha value is -2.78. The maximum Gasteiger partial charge on any atom is 0.165 e. The molecule has 2 aliphatic rings. The van der Waals surface area contributed by atoms with Crippen molar-refractivity contribution in [2.24, 2.45) is 10.7 Å². The minimum atomic E-state index is -3.59. The molecule has 1 atom stereocenters. The number of anilines is 2. The number of benzene rings is 1. The van der Waals surface area contributed by atoms with Gasteiger partial charge in [0.25, 0.3) is 0 Å². The molecule has 166 valence electrons. The number of nitrogens with zero attached hydrogens (tertiary/aromatic N) is 3. The number of sulfone groups is 1. The molecule has 1 saturated carbocycles. The van der Waals surface area contributed by atoms with Crippen molar-refractivity contribution >= 4 is 49.7 Å². The van der Waals surface area contributed by atoms with Crippen LogP contribution in [0.15, 0.2) is 47.7 Å². The fraction of sp³-hybridized carbons (Fsp3) is 0.318. The van der Waals surface area contributed by atoms with E-state index in [1.807, 2.05) is 0 Å². The van der Waals surface area contributed by atoms with Crippen LogP contribution in [0.4, 0.5) is 15.9 Å². The van der Waals surface area contributed by atoms with Crippen LogP contribution < -0.4 is 11.1 Å². The first-order chi connectivity index (χ1) is 15.1. The van der Waals surface area contributed by atoms with Gasteiger partial charge >= 0.3 is 0 Å². The highest BCUT2D eigenvalue weighted by Gasteiger charge is 2.58. The van der Waals surface area contributed by atoms with Crippen molar-refractivity contribution in [1.29, 1.82) is 0 Å². The average molecular weight is 474 g/mol. The molecule has 0 saturated heterocycles. The quantitative estimate of drug-likeness (QED) is 0.592. The number of aromatic nitrogens is 2. The Morgan fingerprint density at radius 3 is 2.66 bits per heavy atom. The summed E-state index contributed by atoms with van der Waals surface area (Å²) in [6.45, 7) is 1.60.